The summed E-state index contributed by atoms with van der Waals surface area (Å²) in [6, 6.07) is 10.7. The second kappa shape index (κ2) is 9.06. The van der Waals surface area contributed by atoms with E-state index < -0.39 is 0 Å². The molecule has 1 heterocycles. The van der Waals surface area contributed by atoms with Gasteiger partial charge in [0.05, 0.1) is 0 Å². The first kappa shape index (κ1) is 18.4. The Morgan fingerprint density at radius 1 is 1.00 bits per heavy atom. The van der Waals surface area contributed by atoms with Crippen molar-refractivity contribution in [2.24, 2.45) is 0 Å². The van der Waals surface area contributed by atoms with Crippen LogP contribution in [0.15, 0.2) is 41.8 Å². The maximum absolute atomic E-state index is 9.39. The van der Waals surface area contributed by atoms with Crippen molar-refractivity contribution >= 4 is 11.3 Å². The molecule has 0 aliphatic rings. The Hall–Kier alpha value is -0.0169. The molecule has 0 aliphatic carbocycles. The number of phenols is 1. The maximum atomic E-state index is 9.39. The summed E-state index contributed by atoms with van der Waals surface area (Å²) in [4.78, 5) is 0. The van der Waals surface area contributed by atoms with Gasteiger partial charge in [-0.2, -0.15) is 0 Å². The molecule has 2 rings (SSSR count). The van der Waals surface area contributed by atoms with E-state index in [9.17, 15) is 5.11 Å². The number of thiophene rings is 1. The Labute approximate surface area is 130 Å². The number of ether oxygens (including phenoxy) is 1. The molecule has 1 N–H and O–H groups in total. The Kier molecular flexibility index (Phi) is 10.4. The van der Waals surface area contributed by atoms with E-state index >= 15 is 0 Å². The van der Waals surface area contributed by atoms with Crippen LogP contribution in [-0.4, -0.2) is 5.11 Å². The smallest absolute Gasteiger partial charge is 1.00 e. The molecule has 0 unspecified atom stereocenters. The monoisotopic (exact) mass is 352 g/mol. The number of para-hydroxylation sites is 2. The number of hydrogen-bond acceptors (Lipinski definition) is 3. The van der Waals surface area contributed by atoms with Crippen LogP contribution in [0.5, 0.6) is 16.6 Å². The van der Waals surface area contributed by atoms with Gasteiger partial charge >= 0.3 is 26.2 Å². The molecule has 0 amide bonds. The number of phenolic OH excluding ortho intramolecular Hbond substituents is 1. The predicted molar refractivity (Wildman–Crippen MR) is 52.5 cm³/mol. The third kappa shape index (κ3) is 4.88. The molecular formula is C10H8Cl2O2SZr. The van der Waals surface area contributed by atoms with Gasteiger partial charge in [-0.05, 0) is 29.6 Å². The summed E-state index contributed by atoms with van der Waals surface area (Å²) in [5.74, 6) is 0.654. The number of hydrogen-bond donors (Lipinski definition) is 1. The second-order valence-corrected chi connectivity index (χ2v) is 3.41. The van der Waals surface area contributed by atoms with Gasteiger partial charge in [-0.1, -0.05) is 12.1 Å². The molecule has 6 heteroatoms. The molecule has 1 aromatic carbocycles. The Balaban J connectivity index is 0. The largest absolute Gasteiger partial charge is 2.00 e. The van der Waals surface area contributed by atoms with Crippen molar-refractivity contribution < 1.29 is 60.9 Å². The quantitative estimate of drug-likeness (QED) is 0.634. The van der Waals surface area contributed by atoms with E-state index in [4.69, 9.17) is 4.74 Å². The maximum Gasteiger partial charge on any atom is 2.00 e. The Bertz CT molecular complexity index is 395. The summed E-state index contributed by atoms with van der Waals surface area (Å²) in [5, 5.41) is 12.1. The van der Waals surface area contributed by atoms with Gasteiger partial charge in [0.25, 0.3) is 0 Å². The van der Waals surface area contributed by atoms with E-state index in [0.29, 0.717) is 5.75 Å². The molecule has 0 fully saturated rings. The molecule has 0 atom stereocenters. The molecule has 0 radical (unpaired) electrons. The van der Waals surface area contributed by atoms with Crippen LogP contribution >= 0.6 is 11.3 Å². The fourth-order valence-electron chi connectivity index (χ4n) is 0.973. The van der Waals surface area contributed by atoms with Crippen molar-refractivity contribution in [3.63, 3.8) is 0 Å². The van der Waals surface area contributed by atoms with Crippen molar-refractivity contribution in [2.75, 3.05) is 0 Å². The van der Waals surface area contributed by atoms with E-state index in [1.165, 1.54) is 11.3 Å². The van der Waals surface area contributed by atoms with Crippen LogP contribution in [0.1, 0.15) is 0 Å². The van der Waals surface area contributed by atoms with Crippen LogP contribution in [0.4, 0.5) is 0 Å². The van der Waals surface area contributed by atoms with Gasteiger partial charge in [0.2, 0.25) is 0 Å². The summed E-state index contributed by atoms with van der Waals surface area (Å²) in [5.41, 5.74) is 0. The van der Waals surface area contributed by atoms with E-state index in [0.717, 1.165) is 5.06 Å². The van der Waals surface area contributed by atoms with Crippen molar-refractivity contribution in [1.82, 2.24) is 0 Å². The first-order valence-electron chi connectivity index (χ1n) is 3.85. The van der Waals surface area contributed by atoms with E-state index in [1.807, 2.05) is 23.6 Å². The number of aromatic hydroxyl groups is 1. The van der Waals surface area contributed by atoms with E-state index in [-0.39, 0.29) is 56.8 Å². The predicted octanol–water partition coefficient (Wildman–Crippen LogP) is -2.75. The normalized spacial score (nSPS) is 8.00. The zero-order valence-corrected chi connectivity index (χ0v) is 12.8. The summed E-state index contributed by atoms with van der Waals surface area (Å²) < 4.78 is 5.42. The van der Waals surface area contributed by atoms with Crippen LogP contribution < -0.4 is 29.6 Å². The third-order valence-corrected chi connectivity index (χ3v) is 2.32. The van der Waals surface area contributed by atoms with E-state index in [1.54, 1.807) is 18.2 Å². The fourth-order valence-corrected chi connectivity index (χ4v) is 1.56. The average molecular weight is 354 g/mol. The fraction of sp³-hybridized carbons (Fsp3) is 0. The molecule has 2 aromatic rings. The minimum absolute atomic E-state index is 0. The molecular weight excluding hydrogens is 346 g/mol. The molecule has 1 aromatic heterocycles. The zero-order valence-electron chi connectivity index (χ0n) is 8.06. The molecule has 16 heavy (non-hydrogen) atoms. The Morgan fingerprint density at radius 3 is 2.25 bits per heavy atom. The molecule has 0 spiro atoms. The summed E-state index contributed by atoms with van der Waals surface area (Å²) in [6.45, 7) is 0. The van der Waals surface area contributed by atoms with Crippen molar-refractivity contribution in [2.45, 2.75) is 0 Å². The topological polar surface area (TPSA) is 29.5 Å². The zero-order chi connectivity index (χ0) is 9.10. The van der Waals surface area contributed by atoms with E-state index in [2.05, 4.69) is 0 Å². The van der Waals surface area contributed by atoms with Crippen molar-refractivity contribution in [1.29, 1.82) is 0 Å². The first-order valence-corrected chi connectivity index (χ1v) is 4.73. The first-order chi connectivity index (χ1) is 6.36. The SMILES string of the molecule is Oc1ccccc1Oc1cccs1.[Cl-].[Cl-].[Zr+2]. The summed E-state index contributed by atoms with van der Waals surface area (Å²) in [6.07, 6.45) is 0. The molecule has 2 nitrogen and oxygen atoms in total. The van der Waals surface area contributed by atoms with Gasteiger partial charge in [-0.25, -0.2) is 0 Å². The van der Waals surface area contributed by atoms with Gasteiger partial charge in [-0.15, -0.1) is 11.3 Å². The molecule has 0 bridgehead atoms. The molecule has 0 saturated carbocycles. The number of benzene rings is 1. The van der Waals surface area contributed by atoms with Gasteiger partial charge in [0.1, 0.15) is 0 Å². The summed E-state index contributed by atoms with van der Waals surface area (Å²) >= 11 is 1.49. The van der Waals surface area contributed by atoms with Crippen LogP contribution in [0.25, 0.3) is 0 Å². The minimum atomic E-state index is 0. The average Bonchev–Trinajstić information content (AvgIpc) is 2.61. The molecule has 84 valence electrons. The number of rotatable bonds is 2. The van der Waals surface area contributed by atoms with Gasteiger partial charge in [0.15, 0.2) is 16.6 Å². The minimum Gasteiger partial charge on any atom is -1.00 e. The Morgan fingerprint density at radius 2 is 1.69 bits per heavy atom. The molecule has 0 aliphatic heterocycles. The van der Waals surface area contributed by atoms with Crippen molar-refractivity contribution in [3.8, 4) is 16.6 Å². The summed E-state index contributed by atoms with van der Waals surface area (Å²) in [7, 11) is 0. The van der Waals surface area contributed by atoms with Crippen LogP contribution in [-0.2, 0) is 26.2 Å². The standard InChI is InChI=1S/C10H8O2S.2ClH.Zr/c11-8-4-1-2-5-9(8)12-10-6-3-7-13-10;;;/h1-7,11H;2*1H;/q;;;+2/p-2. The third-order valence-electron chi connectivity index (χ3n) is 1.57. The van der Waals surface area contributed by atoms with Gasteiger partial charge < -0.3 is 34.7 Å². The number of halogens is 2. The van der Waals surface area contributed by atoms with Crippen molar-refractivity contribution in [3.05, 3.63) is 41.8 Å². The van der Waals surface area contributed by atoms with Gasteiger partial charge in [0, 0.05) is 0 Å². The second-order valence-electron chi connectivity index (χ2n) is 2.50. The van der Waals surface area contributed by atoms with Crippen LogP contribution in [0.2, 0.25) is 0 Å². The van der Waals surface area contributed by atoms with Crippen LogP contribution in [0, 0.1) is 0 Å². The van der Waals surface area contributed by atoms with Crippen LogP contribution in [0.3, 0.4) is 0 Å². The van der Waals surface area contributed by atoms with Gasteiger partial charge in [-0.3, -0.25) is 0 Å². The molecule has 0 saturated heterocycles.